The first kappa shape index (κ1) is 19.1. The predicted molar refractivity (Wildman–Crippen MR) is 104 cm³/mol. The first-order chi connectivity index (χ1) is 12.3. The molecule has 0 unspecified atom stereocenters. The van der Waals surface area contributed by atoms with Gasteiger partial charge in [-0.15, -0.1) is 0 Å². The number of benzene rings is 1. The van der Waals surface area contributed by atoms with Crippen LogP contribution >= 0.6 is 11.6 Å². The summed E-state index contributed by atoms with van der Waals surface area (Å²) < 4.78 is 5.53. The lowest BCUT2D eigenvalue weighted by molar-refractivity contribution is -0.00905. The molecule has 0 aromatic heterocycles. The van der Waals surface area contributed by atoms with Crippen molar-refractivity contribution < 1.29 is 9.53 Å². The van der Waals surface area contributed by atoms with Crippen LogP contribution in [0.4, 0.5) is 4.79 Å². The maximum Gasteiger partial charge on any atom is 0.410 e. The molecular weight excluding hydrogens is 348 g/mol. The average molecular weight is 375 g/mol. The fraction of sp³-hybridized carbons (Fsp3) is 0.571. The topological polar surface area (TPSA) is 32.8 Å². The molecule has 26 heavy (non-hydrogen) atoms. The highest BCUT2D eigenvalue weighted by Crippen LogP contribution is 2.27. The highest BCUT2D eigenvalue weighted by molar-refractivity contribution is 6.30. The van der Waals surface area contributed by atoms with Crippen LogP contribution < -0.4 is 0 Å². The Bertz CT molecular complexity index is 717. The lowest BCUT2D eigenvalue weighted by Gasteiger charge is -2.46. The van der Waals surface area contributed by atoms with Crippen LogP contribution in [-0.4, -0.2) is 53.2 Å². The zero-order valence-corrected chi connectivity index (χ0v) is 16.6. The average Bonchev–Trinajstić information content (AvgIpc) is 2.58. The van der Waals surface area contributed by atoms with Crippen LogP contribution in [0.25, 0.3) is 0 Å². The van der Waals surface area contributed by atoms with Gasteiger partial charge < -0.3 is 9.64 Å². The molecule has 1 amide bonds. The van der Waals surface area contributed by atoms with Crippen LogP contribution in [0, 0.1) is 11.8 Å². The predicted octanol–water partition coefficient (Wildman–Crippen LogP) is 4.17. The number of hydrogen-bond donors (Lipinski definition) is 0. The summed E-state index contributed by atoms with van der Waals surface area (Å²) in [6.45, 7) is 7.99. The molecule has 0 bridgehead atoms. The normalized spacial score (nSPS) is 23.6. The number of halogens is 1. The molecule has 2 aliphatic heterocycles. The van der Waals surface area contributed by atoms with Crippen LogP contribution in [0.15, 0.2) is 24.3 Å². The summed E-state index contributed by atoms with van der Waals surface area (Å²) in [6, 6.07) is 8.28. The van der Waals surface area contributed by atoms with Gasteiger partial charge in [-0.3, -0.25) is 4.90 Å². The molecule has 3 rings (SSSR count). The van der Waals surface area contributed by atoms with E-state index in [1.54, 1.807) is 0 Å². The van der Waals surface area contributed by atoms with E-state index in [2.05, 4.69) is 16.7 Å². The molecule has 2 aliphatic rings. The van der Waals surface area contributed by atoms with Gasteiger partial charge >= 0.3 is 6.09 Å². The van der Waals surface area contributed by atoms with Gasteiger partial charge in [-0.05, 0) is 58.2 Å². The minimum atomic E-state index is -0.453. The third kappa shape index (κ3) is 4.93. The first-order valence-corrected chi connectivity index (χ1v) is 9.70. The zero-order chi connectivity index (χ0) is 18.7. The van der Waals surface area contributed by atoms with E-state index in [0.717, 1.165) is 37.9 Å². The standard InChI is InChI=1S/C21H27ClN2O2/c1-21(2,3)26-20(25)23-12-13-24-18(8-5-9-19(24)15-23)11-10-16-6-4-7-17(22)14-16/h4,6-7,14,18-19H,5,8-9,12-13,15H2,1-3H3/t18-,19+/m1/s1. The number of ether oxygens (including phenoxy) is 1. The molecule has 0 N–H and O–H groups in total. The minimum absolute atomic E-state index is 0.204. The lowest BCUT2D eigenvalue weighted by Crippen LogP contribution is -2.59. The Morgan fingerprint density at radius 1 is 1.27 bits per heavy atom. The maximum absolute atomic E-state index is 12.4. The molecule has 2 fully saturated rings. The number of nitrogens with zero attached hydrogens (tertiary/aromatic N) is 2. The van der Waals surface area contributed by atoms with Crippen molar-refractivity contribution >= 4 is 17.7 Å². The number of rotatable bonds is 0. The fourth-order valence-electron chi connectivity index (χ4n) is 3.63. The van der Waals surface area contributed by atoms with Crippen LogP contribution in [0.1, 0.15) is 45.6 Å². The Hall–Kier alpha value is -1.70. The van der Waals surface area contributed by atoms with Gasteiger partial charge in [0, 0.05) is 36.3 Å². The van der Waals surface area contributed by atoms with E-state index in [0.29, 0.717) is 17.6 Å². The second-order valence-corrected chi connectivity index (χ2v) is 8.48. The van der Waals surface area contributed by atoms with E-state index in [1.165, 1.54) is 0 Å². The molecule has 0 radical (unpaired) electrons. The van der Waals surface area contributed by atoms with Gasteiger partial charge in [0.2, 0.25) is 0 Å². The van der Waals surface area contributed by atoms with Gasteiger partial charge in [-0.25, -0.2) is 4.79 Å². The number of fused-ring (bicyclic) bond motifs is 1. The van der Waals surface area contributed by atoms with Crippen LogP contribution in [0.2, 0.25) is 5.02 Å². The largest absolute Gasteiger partial charge is 0.444 e. The van der Waals surface area contributed by atoms with E-state index in [1.807, 2.05) is 49.9 Å². The van der Waals surface area contributed by atoms with Crippen molar-refractivity contribution in [1.29, 1.82) is 0 Å². The summed E-state index contributed by atoms with van der Waals surface area (Å²) in [5.74, 6) is 6.70. The zero-order valence-electron chi connectivity index (χ0n) is 15.8. The van der Waals surface area contributed by atoms with Crippen molar-refractivity contribution in [1.82, 2.24) is 9.80 Å². The highest BCUT2D eigenvalue weighted by atomic mass is 35.5. The van der Waals surface area contributed by atoms with Gasteiger partial charge in [0.05, 0.1) is 6.04 Å². The van der Waals surface area contributed by atoms with Crippen molar-refractivity contribution in [3.05, 3.63) is 34.9 Å². The highest BCUT2D eigenvalue weighted by Gasteiger charge is 2.36. The first-order valence-electron chi connectivity index (χ1n) is 9.32. The summed E-state index contributed by atoms with van der Waals surface area (Å²) in [6.07, 6.45) is 3.12. The Morgan fingerprint density at radius 2 is 2.08 bits per heavy atom. The summed E-state index contributed by atoms with van der Waals surface area (Å²) in [5, 5.41) is 0.712. The van der Waals surface area contributed by atoms with Gasteiger partial charge in [0.25, 0.3) is 0 Å². The number of hydrogen-bond acceptors (Lipinski definition) is 3. The van der Waals surface area contributed by atoms with Crippen molar-refractivity contribution in [2.75, 3.05) is 19.6 Å². The summed E-state index contributed by atoms with van der Waals surface area (Å²) >= 11 is 6.04. The van der Waals surface area contributed by atoms with Gasteiger partial charge in [0.15, 0.2) is 0 Å². The van der Waals surface area contributed by atoms with E-state index in [-0.39, 0.29) is 12.1 Å². The second-order valence-electron chi connectivity index (χ2n) is 8.04. The van der Waals surface area contributed by atoms with Gasteiger partial charge in [-0.1, -0.05) is 29.5 Å². The smallest absolute Gasteiger partial charge is 0.410 e. The number of piperidine rings is 1. The molecule has 0 aliphatic carbocycles. The Morgan fingerprint density at radius 3 is 2.81 bits per heavy atom. The van der Waals surface area contributed by atoms with Crippen molar-refractivity contribution in [2.45, 2.75) is 57.7 Å². The van der Waals surface area contributed by atoms with Gasteiger partial charge in [-0.2, -0.15) is 0 Å². The minimum Gasteiger partial charge on any atom is -0.444 e. The molecule has 0 saturated carbocycles. The molecule has 4 nitrogen and oxygen atoms in total. The van der Waals surface area contributed by atoms with Crippen LogP contribution in [0.5, 0.6) is 0 Å². The van der Waals surface area contributed by atoms with Crippen molar-refractivity contribution in [3.8, 4) is 11.8 Å². The molecule has 2 atom stereocenters. The summed E-state index contributed by atoms with van der Waals surface area (Å²) in [5.41, 5.74) is 0.498. The molecule has 2 saturated heterocycles. The molecular formula is C21H27ClN2O2. The fourth-order valence-corrected chi connectivity index (χ4v) is 3.82. The van der Waals surface area contributed by atoms with E-state index >= 15 is 0 Å². The summed E-state index contributed by atoms with van der Waals surface area (Å²) in [4.78, 5) is 16.7. The van der Waals surface area contributed by atoms with Crippen LogP contribution in [0.3, 0.4) is 0 Å². The monoisotopic (exact) mass is 374 g/mol. The SMILES string of the molecule is CC(C)(C)OC(=O)N1CCN2[C@@H](CCC[C@@H]2C#Cc2cccc(Cl)c2)C1. The second kappa shape index (κ2) is 7.90. The maximum atomic E-state index is 12.4. The van der Waals surface area contributed by atoms with E-state index < -0.39 is 5.60 Å². The Kier molecular flexibility index (Phi) is 5.79. The number of carbonyl (C=O) groups excluding carboxylic acids is 1. The van der Waals surface area contributed by atoms with Gasteiger partial charge in [0.1, 0.15) is 5.60 Å². The molecule has 5 heteroatoms. The Balaban J connectivity index is 1.65. The quantitative estimate of drug-likeness (QED) is 0.639. The van der Waals surface area contributed by atoms with E-state index in [9.17, 15) is 4.79 Å². The van der Waals surface area contributed by atoms with Crippen molar-refractivity contribution in [3.63, 3.8) is 0 Å². The number of carbonyl (C=O) groups is 1. The lowest BCUT2D eigenvalue weighted by atomic mass is 9.93. The molecule has 2 heterocycles. The third-order valence-electron chi connectivity index (χ3n) is 4.80. The van der Waals surface area contributed by atoms with Crippen molar-refractivity contribution in [2.24, 2.45) is 0 Å². The Labute approximate surface area is 161 Å². The number of amides is 1. The third-order valence-corrected chi connectivity index (χ3v) is 5.04. The summed E-state index contributed by atoms with van der Waals surface area (Å²) in [7, 11) is 0. The number of piperazine rings is 1. The molecule has 1 aromatic rings. The molecule has 1 aromatic carbocycles. The molecule has 140 valence electrons. The molecule has 0 spiro atoms. The van der Waals surface area contributed by atoms with Crippen LogP contribution in [-0.2, 0) is 4.74 Å². The van der Waals surface area contributed by atoms with E-state index in [4.69, 9.17) is 16.3 Å².